The molecular formula is C14H23Cl2N5O3. The van der Waals surface area contributed by atoms with Crippen molar-refractivity contribution in [2.75, 3.05) is 39.4 Å². The molecule has 0 spiro atoms. The van der Waals surface area contributed by atoms with Crippen molar-refractivity contribution in [2.24, 2.45) is 5.73 Å². The number of piperidine rings is 1. The largest absolute Gasteiger partial charge is 0.378 e. The number of imidazole rings is 1. The van der Waals surface area contributed by atoms with Crippen LogP contribution in [0.25, 0.3) is 0 Å². The molecule has 136 valence electrons. The maximum Gasteiger partial charge on any atom is 0.290 e. The fourth-order valence-electron chi connectivity index (χ4n) is 3.03. The van der Waals surface area contributed by atoms with Gasteiger partial charge in [0, 0.05) is 25.7 Å². The molecule has 0 bridgehead atoms. The molecule has 2 saturated heterocycles. The van der Waals surface area contributed by atoms with Crippen molar-refractivity contribution < 1.29 is 14.3 Å². The number of morpholine rings is 1. The quantitative estimate of drug-likeness (QED) is 0.781. The minimum absolute atomic E-state index is 0. The lowest BCUT2D eigenvalue weighted by Crippen LogP contribution is -2.43. The van der Waals surface area contributed by atoms with Crippen molar-refractivity contribution in [3.63, 3.8) is 0 Å². The molecule has 1 aromatic rings. The summed E-state index contributed by atoms with van der Waals surface area (Å²) in [6.45, 7) is 3.80. The number of carbonyl (C=O) groups excluding carboxylic acids is 2. The second-order valence-corrected chi connectivity index (χ2v) is 5.61. The SMILES string of the molecule is Cl.Cl.NC(=O)c1cnc(C(=O)N2CCOCC2)n1C1CCCNC1. The zero-order valence-corrected chi connectivity index (χ0v) is 14.9. The third-order valence-corrected chi connectivity index (χ3v) is 4.17. The number of ether oxygens (including phenoxy) is 1. The average molecular weight is 380 g/mol. The van der Waals surface area contributed by atoms with Gasteiger partial charge in [0.25, 0.3) is 11.8 Å². The lowest BCUT2D eigenvalue weighted by atomic mass is 10.1. The van der Waals surface area contributed by atoms with Crippen molar-refractivity contribution in [1.82, 2.24) is 19.8 Å². The van der Waals surface area contributed by atoms with Gasteiger partial charge < -0.3 is 25.3 Å². The molecule has 3 heterocycles. The lowest BCUT2D eigenvalue weighted by Gasteiger charge is -2.30. The Labute approximate surface area is 152 Å². The van der Waals surface area contributed by atoms with Crippen LogP contribution >= 0.6 is 24.8 Å². The van der Waals surface area contributed by atoms with E-state index in [1.165, 1.54) is 6.20 Å². The van der Waals surface area contributed by atoms with E-state index in [-0.39, 0.29) is 36.8 Å². The van der Waals surface area contributed by atoms with Crippen LogP contribution in [0.1, 0.15) is 40.0 Å². The van der Waals surface area contributed by atoms with Gasteiger partial charge in [0.15, 0.2) is 5.82 Å². The molecule has 24 heavy (non-hydrogen) atoms. The lowest BCUT2D eigenvalue weighted by molar-refractivity contribution is 0.0289. The van der Waals surface area contributed by atoms with Crippen LogP contribution < -0.4 is 11.1 Å². The second kappa shape index (κ2) is 9.22. The maximum atomic E-state index is 12.7. The van der Waals surface area contributed by atoms with Crippen molar-refractivity contribution in [3.05, 3.63) is 17.7 Å². The molecule has 1 atom stereocenters. The van der Waals surface area contributed by atoms with E-state index in [0.29, 0.717) is 44.4 Å². The Morgan fingerprint density at radius 2 is 2.00 bits per heavy atom. The molecule has 1 aromatic heterocycles. The Bertz CT molecular complexity index is 569. The molecule has 8 nitrogen and oxygen atoms in total. The molecule has 0 aliphatic carbocycles. The molecule has 2 fully saturated rings. The highest BCUT2D eigenvalue weighted by Gasteiger charge is 2.29. The van der Waals surface area contributed by atoms with Gasteiger partial charge in [-0.3, -0.25) is 9.59 Å². The Balaban J connectivity index is 0.00000144. The minimum atomic E-state index is -0.556. The van der Waals surface area contributed by atoms with E-state index >= 15 is 0 Å². The Kier molecular flexibility index (Phi) is 7.95. The zero-order valence-electron chi connectivity index (χ0n) is 13.3. The first-order valence-electron chi connectivity index (χ1n) is 7.63. The molecule has 3 rings (SSSR count). The van der Waals surface area contributed by atoms with Crippen LogP contribution in [0.2, 0.25) is 0 Å². The van der Waals surface area contributed by atoms with Gasteiger partial charge in [-0.25, -0.2) is 4.98 Å². The molecule has 10 heteroatoms. The fourth-order valence-corrected chi connectivity index (χ4v) is 3.03. The summed E-state index contributed by atoms with van der Waals surface area (Å²) in [5.74, 6) is -0.426. The Morgan fingerprint density at radius 3 is 2.58 bits per heavy atom. The average Bonchev–Trinajstić information content (AvgIpc) is 3.01. The molecule has 0 saturated carbocycles. The molecule has 2 amide bonds. The van der Waals surface area contributed by atoms with Gasteiger partial charge >= 0.3 is 0 Å². The standard InChI is InChI=1S/C14H21N5O3.2ClH/c15-12(20)11-9-17-13(14(21)18-4-6-22-7-5-18)19(11)10-2-1-3-16-8-10;;/h9-10,16H,1-8H2,(H2,15,20);2*1H. The molecule has 1 unspecified atom stereocenters. The van der Waals surface area contributed by atoms with E-state index in [1.807, 2.05) is 0 Å². The highest BCUT2D eigenvalue weighted by molar-refractivity contribution is 5.95. The van der Waals surface area contributed by atoms with E-state index in [2.05, 4.69) is 10.3 Å². The van der Waals surface area contributed by atoms with Crippen LogP contribution in [0.15, 0.2) is 6.20 Å². The highest BCUT2D eigenvalue weighted by Crippen LogP contribution is 2.22. The summed E-state index contributed by atoms with van der Waals surface area (Å²) < 4.78 is 6.99. The molecule has 0 aromatic carbocycles. The fraction of sp³-hybridized carbons (Fsp3) is 0.643. The number of nitrogens with zero attached hydrogens (tertiary/aromatic N) is 3. The third kappa shape index (κ3) is 4.18. The number of hydrogen-bond donors (Lipinski definition) is 2. The molecule has 0 radical (unpaired) electrons. The number of hydrogen-bond acceptors (Lipinski definition) is 5. The van der Waals surface area contributed by atoms with Gasteiger partial charge in [-0.15, -0.1) is 24.8 Å². The highest BCUT2D eigenvalue weighted by atomic mass is 35.5. The van der Waals surface area contributed by atoms with Gasteiger partial charge in [-0.05, 0) is 19.4 Å². The maximum absolute atomic E-state index is 12.7. The van der Waals surface area contributed by atoms with E-state index < -0.39 is 5.91 Å². The zero-order chi connectivity index (χ0) is 15.5. The summed E-state index contributed by atoms with van der Waals surface area (Å²) in [5.41, 5.74) is 5.74. The number of amides is 2. The van der Waals surface area contributed by atoms with Crippen molar-refractivity contribution in [1.29, 1.82) is 0 Å². The van der Waals surface area contributed by atoms with Gasteiger partial charge in [0.05, 0.1) is 19.4 Å². The predicted octanol–water partition coefficient (Wildman–Crippen LogP) is 0.222. The summed E-state index contributed by atoms with van der Waals surface area (Å²) >= 11 is 0. The van der Waals surface area contributed by atoms with E-state index in [0.717, 1.165) is 19.4 Å². The number of carbonyl (C=O) groups is 2. The van der Waals surface area contributed by atoms with Crippen LogP contribution in [0.5, 0.6) is 0 Å². The van der Waals surface area contributed by atoms with Crippen LogP contribution in [0.3, 0.4) is 0 Å². The first-order chi connectivity index (χ1) is 10.7. The summed E-state index contributed by atoms with van der Waals surface area (Å²) in [6, 6.07) is 0.0266. The number of nitrogens with two attached hydrogens (primary N) is 1. The number of halogens is 2. The van der Waals surface area contributed by atoms with Crippen LogP contribution in [0, 0.1) is 0 Å². The molecule has 2 aliphatic rings. The first-order valence-corrected chi connectivity index (χ1v) is 7.63. The van der Waals surface area contributed by atoms with Gasteiger partial charge in [0.2, 0.25) is 0 Å². The number of rotatable bonds is 3. The van der Waals surface area contributed by atoms with Crippen molar-refractivity contribution in [3.8, 4) is 0 Å². The van der Waals surface area contributed by atoms with Crippen LogP contribution in [-0.2, 0) is 4.74 Å². The van der Waals surface area contributed by atoms with E-state index in [4.69, 9.17) is 10.5 Å². The third-order valence-electron chi connectivity index (χ3n) is 4.17. The number of aromatic nitrogens is 2. The van der Waals surface area contributed by atoms with Crippen molar-refractivity contribution >= 4 is 36.6 Å². The summed E-state index contributed by atoms with van der Waals surface area (Å²) in [5, 5.41) is 3.29. The summed E-state index contributed by atoms with van der Waals surface area (Å²) in [6.07, 6.45) is 3.30. The van der Waals surface area contributed by atoms with Crippen LogP contribution in [0.4, 0.5) is 0 Å². The van der Waals surface area contributed by atoms with Gasteiger partial charge in [-0.2, -0.15) is 0 Å². The molecule has 3 N–H and O–H groups in total. The Morgan fingerprint density at radius 1 is 1.29 bits per heavy atom. The van der Waals surface area contributed by atoms with Gasteiger partial charge in [-0.1, -0.05) is 0 Å². The van der Waals surface area contributed by atoms with Crippen molar-refractivity contribution in [2.45, 2.75) is 18.9 Å². The smallest absolute Gasteiger partial charge is 0.290 e. The second-order valence-electron chi connectivity index (χ2n) is 5.61. The van der Waals surface area contributed by atoms with E-state index in [9.17, 15) is 9.59 Å². The minimum Gasteiger partial charge on any atom is -0.378 e. The van der Waals surface area contributed by atoms with Crippen LogP contribution in [-0.4, -0.2) is 65.7 Å². The normalized spacial score (nSPS) is 20.7. The van der Waals surface area contributed by atoms with E-state index in [1.54, 1.807) is 9.47 Å². The molecular weight excluding hydrogens is 357 g/mol. The molecule has 2 aliphatic heterocycles. The first kappa shape index (κ1) is 20.7. The topological polar surface area (TPSA) is 102 Å². The number of nitrogens with one attached hydrogen (secondary N) is 1. The van der Waals surface area contributed by atoms with Gasteiger partial charge in [0.1, 0.15) is 5.69 Å². The number of primary amides is 1. The Hall–Kier alpha value is -1.35. The predicted molar refractivity (Wildman–Crippen MR) is 93.1 cm³/mol. The summed E-state index contributed by atoms with van der Waals surface area (Å²) in [4.78, 5) is 30.3. The monoisotopic (exact) mass is 379 g/mol. The summed E-state index contributed by atoms with van der Waals surface area (Å²) in [7, 11) is 0.